The predicted molar refractivity (Wildman–Crippen MR) is 88.3 cm³/mol. The monoisotopic (exact) mass is 335 g/mol. The van der Waals surface area contributed by atoms with E-state index < -0.39 is 0 Å². The Morgan fingerprint density at radius 2 is 1.83 bits per heavy atom. The first-order chi connectivity index (χ1) is 11.1. The van der Waals surface area contributed by atoms with Crippen molar-refractivity contribution in [3.63, 3.8) is 0 Å². The van der Waals surface area contributed by atoms with Crippen molar-refractivity contribution >= 4 is 12.2 Å². The summed E-state index contributed by atoms with van der Waals surface area (Å²) in [4.78, 5) is 2.28. The van der Waals surface area contributed by atoms with Gasteiger partial charge in [-0.1, -0.05) is 0 Å². The predicted octanol–water partition coefficient (Wildman–Crippen LogP) is 1.87. The second kappa shape index (κ2) is 6.77. The van der Waals surface area contributed by atoms with Crippen LogP contribution in [0, 0.1) is 4.77 Å². The van der Waals surface area contributed by atoms with E-state index in [2.05, 4.69) is 29.2 Å². The molecule has 0 N–H and O–H groups in total. The third-order valence-corrected chi connectivity index (χ3v) is 4.17. The van der Waals surface area contributed by atoms with E-state index in [4.69, 9.17) is 21.7 Å². The molecule has 0 amide bonds. The van der Waals surface area contributed by atoms with Crippen LogP contribution in [0.4, 0.5) is 0 Å². The molecule has 2 atom stereocenters. The topological polar surface area (TPSA) is 57.3 Å². The van der Waals surface area contributed by atoms with E-state index in [9.17, 15) is 0 Å². The zero-order valence-corrected chi connectivity index (χ0v) is 14.4. The number of benzene rings is 1. The molecule has 124 valence electrons. The molecular weight excluding hydrogens is 314 g/mol. The van der Waals surface area contributed by atoms with Crippen molar-refractivity contribution in [2.45, 2.75) is 32.7 Å². The molecule has 8 heteroatoms. The molecule has 2 aromatic rings. The van der Waals surface area contributed by atoms with E-state index in [0.29, 0.717) is 11.4 Å². The molecule has 1 aliphatic heterocycles. The highest BCUT2D eigenvalue weighted by Gasteiger charge is 2.23. The van der Waals surface area contributed by atoms with Crippen LogP contribution < -0.4 is 4.74 Å². The molecule has 0 unspecified atom stereocenters. The van der Waals surface area contributed by atoms with Crippen LogP contribution >= 0.6 is 12.2 Å². The second-order valence-electron chi connectivity index (χ2n) is 5.81. The molecule has 23 heavy (non-hydrogen) atoms. The van der Waals surface area contributed by atoms with Crippen LogP contribution in [0.25, 0.3) is 5.69 Å². The Bertz CT molecular complexity index is 701. The molecule has 0 bridgehead atoms. The van der Waals surface area contributed by atoms with Crippen molar-refractivity contribution < 1.29 is 9.47 Å². The van der Waals surface area contributed by atoms with Gasteiger partial charge in [-0.3, -0.25) is 4.90 Å². The molecule has 0 saturated carbocycles. The molecule has 1 aliphatic rings. The fourth-order valence-corrected chi connectivity index (χ4v) is 3.07. The van der Waals surface area contributed by atoms with Gasteiger partial charge in [0.15, 0.2) is 0 Å². The summed E-state index contributed by atoms with van der Waals surface area (Å²) in [5, 5.41) is 8.36. The van der Waals surface area contributed by atoms with Crippen molar-refractivity contribution in [1.29, 1.82) is 0 Å². The summed E-state index contributed by atoms with van der Waals surface area (Å²) in [6.07, 6.45) is 0.425. The molecule has 0 radical (unpaired) electrons. The van der Waals surface area contributed by atoms with Gasteiger partial charge in [0, 0.05) is 13.1 Å². The Hall–Kier alpha value is -1.77. The highest BCUT2D eigenvalue weighted by atomic mass is 32.1. The zero-order valence-electron chi connectivity index (χ0n) is 13.5. The molecule has 1 aromatic heterocycles. The Kier molecular flexibility index (Phi) is 4.74. The van der Waals surface area contributed by atoms with E-state index in [-0.39, 0.29) is 12.2 Å². The maximum Gasteiger partial charge on any atom is 0.221 e. The molecule has 1 saturated heterocycles. The average molecular weight is 335 g/mol. The number of hydrogen-bond acceptors (Lipinski definition) is 6. The van der Waals surface area contributed by atoms with Crippen LogP contribution in [0.15, 0.2) is 24.3 Å². The van der Waals surface area contributed by atoms with Crippen molar-refractivity contribution in [3.05, 3.63) is 29.0 Å². The summed E-state index contributed by atoms with van der Waals surface area (Å²) >= 11 is 5.51. The summed E-state index contributed by atoms with van der Waals surface area (Å²) in [6.45, 7) is 6.50. The van der Waals surface area contributed by atoms with Gasteiger partial charge in [0.1, 0.15) is 5.75 Å². The lowest BCUT2D eigenvalue weighted by Crippen LogP contribution is -2.46. The number of hydrogen-bond donors (Lipinski definition) is 0. The summed E-state index contributed by atoms with van der Waals surface area (Å²) in [5.74, 6) is 0.795. The summed E-state index contributed by atoms with van der Waals surface area (Å²) in [5.41, 5.74) is 0.866. The van der Waals surface area contributed by atoms with Crippen LogP contribution in [0.2, 0.25) is 0 Å². The highest BCUT2D eigenvalue weighted by molar-refractivity contribution is 7.71. The Labute approximate surface area is 140 Å². The average Bonchev–Trinajstić information content (AvgIpc) is 2.87. The van der Waals surface area contributed by atoms with E-state index in [0.717, 1.165) is 24.5 Å². The van der Waals surface area contributed by atoms with E-state index in [1.54, 1.807) is 16.5 Å². The Morgan fingerprint density at radius 3 is 2.43 bits per heavy atom. The number of ether oxygens (including phenoxy) is 2. The standard InChI is InChI=1S/C15H21N5O2S/c1-11-8-18(9-12(2)22-11)10-19-15(23)20(17-16-19)13-4-6-14(21-3)7-5-13/h4-7,11-12H,8-10H2,1-3H3/t11-,12-/m1/s1. The number of tetrazole rings is 1. The first-order valence-corrected chi connectivity index (χ1v) is 8.02. The highest BCUT2D eigenvalue weighted by Crippen LogP contribution is 2.15. The molecule has 2 heterocycles. The fraction of sp³-hybridized carbons (Fsp3) is 0.533. The smallest absolute Gasteiger partial charge is 0.221 e. The van der Waals surface area contributed by atoms with Crippen molar-refractivity contribution in [2.75, 3.05) is 20.2 Å². The number of morpholine rings is 1. The van der Waals surface area contributed by atoms with Crippen molar-refractivity contribution in [3.8, 4) is 11.4 Å². The van der Waals surface area contributed by atoms with Crippen LogP contribution in [-0.4, -0.2) is 57.1 Å². The number of aromatic nitrogens is 4. The lowest BCUT2D eigenvalue weighted by molar-refractivity contribution is -0.0778. The molecule has 1 fully saturated rings. The third kappa shape index (κ3) is 3.60. The van der Waals surface area contributed by atoms with Gasteiger partial charge in [0.25, 0.3) is 0 Å². The van der Waals surface area contributed by atoms with Crippen LogP contribution in [0.1, 0.15) is 13.8 Å². The summed E-state index contributed by atoms with van der Waals surface area (Å²) < 4.78 is 14.9. The molecule has 0 aliphatic carbocycles. The minimum atomic E-state index is 0.213. The molecule has 3 rings (SSSR count). The van der Waals surface area contributed by atoms with Gasteiger partial charge in [0.05, 0.1) is 31.7 Å². The maximum atomic E-state index is 5.75. The van der Waals surface area contributed by atoms with E-state index in [1.807, 2.05) is 24.3 Å². The van der Waals surface area contributed by atoms with E-state index in [1.165, 1.54) is 0 Å². The molecule has 7 nitrogen and oxygen atoms in total. The van der Waals surface area contributed by atoms with Gasteiger partial charge in [0.2, 0.25) is 4.77 Å². The zero-order chi connectivity index (χ0) is 16.4. The van der Waals surface area contributed by atoms with Crippen LogP contribution in [0.5, 0.6) is 5.75 Å². The molecule has 0 spiro atoms. The van der Waals surface area contributed by atoms with E-state index >= 15 is 0 Å². The van der Waals surface area contributed by atoms with Gasteiger partial charge < -0.3 is 9.47 Å². The number of rotatable bonds is 4. The third-order valence-electron chi connectivity index (χ3n) is 3.79. The second-order valence-corrected chi connectivity index (χ2v) is 6.17. The fourth-order valence-electron chi connectivity index (χ4n) is 2.84. The Balaban J connectivity index is 1.77. The molecule has 1 aromatic carbocycles. The number of nitrogens with zero attached hydrogens (tertiary/aromatic N) is 5. The number of methoxy groups -OCH3 is 1. The lowest BCUT2D eigenvalue weighted by Gasteiger charge is -2.34. The van der Waals surface area contributed by atoms with Gasteiger partial charge >= 0.3 is 0 Å². The lowest BCUT2D eigenvalue weighted by atomic mass is 10.2. The van der Waals surface area contributed by atoms with Gasteiger partial charge in [-0.2, -0.15) is 4.68 Å². The van der Waals surface area contributed by atoms with Gasteiger partial charge in [-0.15, -0.1) is 0 Å². The first-order valence-electron chi connectivity index (χ1n) is 7.62. The first kappa shape index (κ1) is 16.1. The van der Waals surface area contributed by atoms with Crippen LogP contribution in [0.3, 0.4) is 0 Å². The minimum absolute atomic E-state index is 0.213. The summed E-state index contributed by atoms with van der Waals surface area (Å²) in [6, 6.07) is 7.57. The maximum absolute atomic E-state index is 5.75. The minimum Gasteiger partial charge on any atom is -0.497 e. The van der Waals surface area contributed by atoms with Crippen LogP contribution in [-0.2, 0) is 11.4 Å². The molecular formula is C15H21N5O2S. The van der Waals surface area contributed by atoms with Crippen molar-refractivity contribution in [2.24, 2.45) is 0 Å². The van der Waals surface area contributed by atoms with Crippen molar-refractivity contribution in [1.82, 2.24) is 24.7 Å². The Morgan fingerprint density at radius 1 is 1.17 bits per heavy atom. The van der Waals surface area contributed by atoms with Gasteiger partial charge in [-0.05, 0) is 60.8 Å². The largest absolute Gasteiger partial charge is 0.497 e. The summed E-state index contributed by atoms with van der Waals surface area (Å²) in [7, 11) is 1.64. The normalized spacial score (nSPS) is 22.2. The SMILES string of the molecule is COc1ccc(-n2nnn(CN3C[C@@H](C)O[C@H](C)C3)c2=S)cc1. The quantitative estimate of drug-likeness (QED) is 0.795. The van der Waals surface area contributed by atoms with Gasteiger partial charge in [-0.25, -0.2) is 4.68 Å².